The molecule has 0 spiro atoms. The van der Waals surface area contributed by atoms with E-state index >= 15 is 0 Å². The van der Waals surface area contributed by atoms with Gasteiger partial charge in [0.25, 0.3) is 0 Å². The molecule has 0 bridgehead atoms. The third-order valence-corrected chi connectivity index (χ3v) is 2.79. The zero-order valence-corrected chi connectivity index (χ0v) is 10.7. The molecule has 0 fully saturated rings. The molecule has 0 saturated carbocycles. The Balaban J connectivity index is 2.69. The molecule has 0 radical (unpaired) electrons. The minimum absolute atomic E-state index is 0.158. The Morgan fingerprint density at radius 2 is 1.94 bits per heavy atom. The zero-order valence-electron chi connectivity index (χ0n) is 9.97. The van der Waals surface area contributed by atoms with E-state index in [2.05, 4.69) is 9.97 Å². The number of rotatable bonds is 2. The van der Waals surface area contributed by atoms with Crippen LogP contribution in [0.25, 0.3) is 11.3 Å². The maximum Gasteiger partial charge on any atom is 0.138 e. The Morgan fingerprint density at radius 1 is 1.22 bits per heavy atom. The highest BCUT2D eigenvalue weighted by molar-refractivity contribution is 6.29. The molecule has 0 saturated heterocycles. The van der Waals surface area contributed by atoms with Gasteiger partial charge < -0.3 is 0 Å². The number of aryl methyl sites for hydroxylation is 2. The number of halogens is 3. The van der Waals surface area contributed by atoms with E-state index < -0.39 is 11.6 Å². The summed E-state index contributed by atoms with van der Waals surface area (Å²) in [6, 6.07) is 3.97. The first-order chi connectivity index (χ1) is 8.52. The Morgan fingerprint density at radius 3 is 2.61 bits per heavy atom. The van der Waals surface area contributed by atoms with Crippen molar-refractivity contribution in [3.63, 3.8) is 0 Å². The Labute approximate surface area is 109 Å². The van der Waals surface area contributed by atoms with Crippen LogP contribution in [0.1, 0.15) is 18.3 Å². The van der Waals surface area contributed by atoms with Crippen LogP contribution in [0.15, 0.2) is 18.2 Å². The molecule has 18 heavy (non-hydrogen) atoms. The van der Waals surface area contributed by atoms with Gasteiger partial charge in [-0.3, -0.25) is 0 Å². The molecule has 0 aliphatic carbocycles. The van der Waals surface area contributed by atoms with E-state index in [4.69, 9.17) is 11.6 Å². The molecule has 0 unspecified atom stereocenters. The van der Waals surface area contributed by atoms with Gasteiger partial charge in [-0.1, -0.05) is 24.6 Å². The Kier molecular flexibility index (Phi) is 3.57. The maximum atomic E-state index is 14.0. The van der Waals surface area contributed by atoms with Gasteiger partial charge >= 0.3 is 0 Å². The molecule has 5 heteroatoms. The van der Waals surface area contributed by atoms with Crippen molar-refractivity contribution in [3.05, 3.63) is 46.4 Å². The fourth-order valence-corrected chi connectivity index (χ4v) is 1.84. The second-order valence-corrected chi connectivity index (χ2v) is 4.29. The zero-order chi connectivity index (χ0) is 13.3. The van der Waals surface area contributed by atoms with Gasteiger partial charge in [0.05, 0.1) is 11.3 Å². The predicted molar refractivity (Wildman–Crippen MR) is 66.5 cm³/mol. The highest BCUT2D eigenvalue weighted by Crippen LogP contribution is 2.27. The van der Waals surface area contributed by atoms with Crippen molar-refractivity contribution in [2.75, 3.05) is 0 Å². The first kappa shape index (κ1) is 12.9. The third kappa shape index (κ3) is 2.34. The maximum absolute atomic E-state index is 14.0. The van der Waals surface area contributed by atoms with Crippen molar-refractivity contribution in [2.45, 2.75) is 20.3 Å². The van der Waals surface area contributed by atoms with Gasteiger partial charge in [0.2, 0.25) is 0 Å². The van der Waals surface area contributed by atoms with Gasteiger partial charge in [0, 0.05) is 12.5 Å². The van der Waals surface area contributed by atoms with Gasteiger partial charge in [0.1, 0.15) is 22.6 Å². The minimum Gasteiger partial charge on any atom is -0.233 e. The average Bonchev–Trinajstić information content (AvgIpc) is 2.34. The lowest BCUT2D eigenvalue weighted by atomic mass is 10.1. The van der Waals surface area contributed by atoms with Crippen LogP contribution < -0.4 is 0 Å². The van der Waals surface area contributed by atoms with Crippen molar-refractivity contribution in [1.82, 2.24) is 9.97 Å². The van der Waals surface area contributed by atoms with Crippen molar-refractivity contribution in [2.24, 2.45) is 0 Å². The van der Waals surface area contributed by atoms with E-state index in [0.29, 0.717) is 17.8 Å². The quantitative estimate of drug-likeness (QED) is 0.771. The molecule has 0 atom stereocenters. The van der Waals surface area contributed by atoms with Gasteiger partial charge in [-0.25, -0.2) is 18.7 Å². The topological polar surface area (TPSA) is 25.8 Å². The smallest absolute Gasteiger partial charge is 0.138 e. The summed E-state index contributed by atoms with van der Waals surface area (Å²) in [6.45, 7) is 3.42. The van der Waals surface area contributed by atoms with Crippen LogP contribution in [-0.4, -0.2) is 9.97 Å². The van der Waals surface area contributed by atoms with E-state index in [1.54, 1.807) is 6.92 Å². The van der Waals surface area contributed by atoms with Crippen LogP contribution in [0.5, 0.6) is 0 Å². The number of aromatic nitrogens is 2. The van der Waals surface area contributed by atoms with E-state index in [9.17, 15) is 8.78 Å². The molecule has 1 heterocycles. The largest absolute Gasteiger partial charge is 0.233 e. The van der Waals surface area contributed by atoms with Crippen LogP contribution in [0.2, 0.25) is 5.15 Å². The molecule has 0 N–H and O–H groups in total. The van der Waals surface area contributed by atoms with Crippen molar-refractivity contribution < 1.29 is 8.78 Å². The monoisotopic (exact) mass is 268 g/mol. The molecule has 2 nitrogen and oxygen atoms in total. The summed E-state index contributed by atoms with van der Waals surface area (Å²) in [6.07, 6.45) is 0.544. The first-order valence-corrected chi connectivity index (χ1v) is 5.89. The highest BCUT2D eigenvalue weighted by atomic mass is 35.5. The predicted octanol–water partition coefficient (Wildman–Crippen LogP) is 3.95. The summed E-state index contributed by atoms with van der Waals surface area (Å²) in [5.41, 5.74) is 0.374. The SMILES string of the molecule is CCc1nc(Cl)cc(-c2c(F)ccc(C)c2F)n1. The van der Waals surface area contributed by atoms with Crippen LogP contribution in [-0.2, 0) is 6.42 Å². The molecule has 1 aromatic carbocycles. The summed E-state index contributed by atoms with van der Waals surface area (Å²) in [5.74, 6) is -0.820. The van der Waals surface area contributed by atoms with Crippen LogP contribution in [0.4, 0.5) is 8.78 Å². The van der Waals surface area contributed by atoms with Gasteiger partial charge in [0.15, 0.2) is 0 Å². The number of benzene rings is 1. The molecule has 1 aromatic heterocycles. The molecular formula is C13H11ClF2N2. The Bertz CT molecular complexity index is 600. The average molecular weight is 269 g/mol. The molecule has 0 aliphatic heterocycles. The fourth-order valence-electron chi connectivity index (χ4n) is 1.64. The lowest BCUT2D eigenvalue weighted by molar-refractivity contribution is 0.582. The minimum atomic E-state index is -0.657. The van der Waals surface area contributed by atoms with Gasteiger partial charge in [-0.2, -0.15) is 0 Å². The second kappa shape index (κ2) is 4.98. The van der Waals surface area contributed by atoms with Crippen molar-refractivity contribution in [1.29, 1.82) is 0 Å². The van der Waals surface area contributed by atoms with E-state index in [-0.39, 0.29) is 16.4 Å². The van der Waals surface area contributed by atoms with Crippen LogP contribution in [0, 0.1) is 18.6 Å². The number of hydrogen-bond donors (Lipinski definition) is 0. The first-order valence-electron chi connectivity index (χ1n) is 5.51. The van der Waals surface area contributed by atoms with E-state index in [1.807, 2.05) is 6.92 Å². The molecular weight excluding hydrogens is 258 g/mol. The van der Waals surface area contributed by atoms with Gasteiger partial charge in [-0.05, 0) is 18.6 Å². The Hall–Kier alpha value is -1.55. The molecule has 2 rings (SSSR count). The molecule has 2 aromatic rings. The van der Waals surface area contributed by atoms with Crippen molar-refractivity contribution >= 4 is 11.6 Å². The van der Waals surface area contributed by atoms with E-state index in [0.717, 1.165) is 0 Å². The summed E-state index contributed by atoms with van der Waals surface area (Å²) >= 11 is 5.83. The summed E-state index contributed by atoms with van der Waals surface area (Å²) in [4.78, 5) is 8.08. The normalized spacial score (nSPS) is 10.7. The van der Waals surface area contributed by atoms with Crippen LogP contribution >= 0.6 is 11.6 Å². The summed E-state index contributed by atoms with van der Waals surface area (Å²) < 4.78 is 27.7. The number of hydrogen-bond acceptors (Lipinski definition) is 2. The number of nitrogens with zero attached hydrogens (tertiary/aromatic N) is 2. The summed E-state index contributed by atoms with van der Waals surface area (Å²) in [5, 5.41) is 0.178. The van der Waals surface area contributed by atoms with Gasteiger partial charge in [-0.15, -0.1) is 0 Å². The fraction of sp³-hybridized carbons (Fsp3) is 0.231. The molecule has 94 valence electrons. The van der Waals surface area contributed by atoms with E-state index in [1.165, 1.54) is 18.2 Å². The van der Waals surface area contributed by atoms with Crippen LogP contribution in [0.3, 0.4) is 0 Å². The lowest BCUT2D eigenvalue weighted by Gasteiger charge is -2.08. The standard InChI is InChI=1S/C13H11ClF2N2/c1-3-11-17-9(6-10(14)18-11)12-8(15)5-4-7(2)13(12)16/h4-6H,3H2,1-2H3. The lowest BCUT2D eigenvalue weighted by Crippen LogP contribution is -2.00. The second-order valence-electron chi connectivity index (χ2n) is 3.90. The molecule has 0 aliphatic rings. The highest BCUT2D eigenvalue weighted by Gasteiger charge is 2.16. The van der Waals surface area contributed by atoms with Crippen molar-refractivity contribution in [3.8, 4) is 11.3 Å². The summed E-state index contributed by atoms with van der Waals surface area (Å²) in [7, 11) is 0. The molecule has 0 amide bonds. The third-order valence-electron chi connectivity index (χ3n) is 2.60.